The van der Waals surface area contributed by atoms with Gasteiger partial charge in [-0.05, 0) is 40.2 Å². The van der Waals surface area contributed by atoms with Crippen molar-refractivity contribution >= 4 is 38.6 Å². The third-order valence-corrected chi connectivity index (χ3v) is 3.39. The molecule has 0 bridgehead atoms. The highest BCUT2D eigenvalue weighted by atomic mass is 79.9. The summed E-state index contributed by atoms with van der Waals surface area (Å²) in [5.74, 6) is 0.438. The number of hydrogen-bond acceptors (Lipinski definition) is 3. The Morgan fingerprint density at radius 3 is 2.90 bits per heavy atom. The molecule has 0 spiro atoms. The first kappa shape index (κ1) is 12.9. The van der Waals surface area contributed by atoms with Gasteiger partial charge < -0.3 is 14.3 Å². The van der Waals surface area contributed by atoms with Gasteiger partial charge in [-0.2, -0.15) is 0 Å². The van der Waals surface area contributed by atoms with Crippen LogP contribution < -0.4 is 5.32 Å². The summed E-state index contributed by atoms with van der Waals surface area (Å²) in [5, 5.41) is 2.85. The lowest BCUT2D eigenvalue weighted by atomic mass is 10.2. The van der Waals surface area contributed by atoms with Crippen LogP contribution in [0.25, 0.3) is 11.1 Å². The van der Waals surface area contributed by atoms with Crippen LogP contribution in [-0.4, -0.2) is 15.5 Å². The molecule has 0 saturated carbocycles. The lowest BCUT2D eigenvalue weighted by molar-refractivity contribution is 0.101. The highest BCUT2D eigenvalue weighted by molar-refractivity contribution is 9.10. The Bertz CT molecular complexity index is 804. The molecule has 3 aromatic rings. The van der Waals surface area contributed by atoms with Crippen molar-refractivity contribution in [2.45, 2.75) is 6.92 Å². The standard InChI is InChI=1S/C14H12BrN3O2/c1-8-16-11-6-10(3-4-13(11)20-8)17-14(19)12-5-9(15)7-18(12)2/h3-7H,1-2H3,(H,17,19). The minimum absolute atomic E-state index is 0.169. The molecule has 1 amide bonds. The molecule has 102 valence electrons. The Morgan fingerprint density at radius 2 is 2.20 bits per heavy atom. The largest absolute Gasteiger partial charge is 0.441 e. The Hall–Kier alpha value is -2.08. The van der Waals surface area contributed by atoms with Gasteiger partial charge in [-0.1, -0.05) is 0 Å². The fourth-order valence-electron chi connectivity index (χ4n) is 2.07. The average Bonchev–Trinajstić information content (AvgIpc) is 2.90. The van der Waals surface area contributed by atoms with Gasteiger partial charge >= 0.3 is 0 Å². The van der Waals surface area contributed by atoms with Gasteiger partial charge in [-0.25, -0.2) is 4.98 Å². The van der Waals surface area contributed by atoms with Gasteiger partial charge in [0.25, 0.3) is 5.91 Å². The molecular formula is C14H12BrN3O2. The van der Waals surface area contributed by atoms with E-state index in [0.29, 0.717) is 22.9 Å². The van der Waals surface area contributed by atoms with Gasteiger partial charge in [0.05, 0.1) is 0 Å². The van der Waals surface area contributed by atoms with Gasteiger partial charge in [0.1, 0.15) is 11.2 Å². The van der Waals surface area contributed by atoms with Crippen molar-refractivity contribution < 1.29 is 9.21 Å². The van der Waals surface area contributed by atoms with Crippen LogP contribution in [0, 0.1) is 6.92 Å². The molecule has 0 radical (unpaired) electrons. The lowest BCUT2D eigenvalue weighted by Gasteiger charge is -2.05. The summed E-state index contributed by atoms with van der Waals surface area (Å²) < 4.78 is 8.03. The molecule has 3 rings (SSSR count). The number of hydrogen-bond donors (Lipinski definition) is 1. The first-order valence-electron chi connectivity index (χ1n) is 6.03. The minimum Gasteiger partial charge on any atom is -0.441 e. The van der Waals surface area contributed by atoms with Crippen LogP contribution in [0.4, 0.5) is 5.69 Å². The summed E-state index contributed by atoms with van der Waals surface area (Å²) in [6.07, 6.45) is 1.83. The zero-order valence-electron chi connectivity index (χ0n) is 11.0. The molecule has 0 atom stereocenters. The molecule has 0 fully saturated rings. The monoisotopic (exact) mass is 333 g/mol. The number of anilines is 1. The maximum atomic E-state index is 12.2. The van der Waals surface area contributed by atoms with E-state index in [1.54, 1.807) is 35.8 Å². The first-order chi connectivity index (χ1) is 9.52. The first-order valence-corrected chi connectivity index (χ1v) is 6.82. The molecular weight excluding hydrogens is 322 g/mol. The molecule has 5 nitrogen and oxygen atoms in total. The second-order valence-corrected chi connectivity index (χ2v) is 5.44. The molecule has 2 aromatic heterocycles. The molecule has 0 aliphatic heterocycles. The zero-order chi connectivity index (χ0) is 14.3. The number of amides is 1. The minimum atomic E-state index is -0.169. The molecule has 0 unspecified atom stereocenters. The quantitative estimate of drug-likeness (QED) is 0.780. The number of halogens is 1. The van der Waals surface area contributed by atoms with E-state index < -0.39 is 0 Å². The molecule has 1 aromatic carbocycles. The summed E-state index contributed by atoms with van der Waals surface area (Å²) >= 11 is 3.35. The van der Waals surface area contributed by atoms with E-state index in [1.165, 1.54) is 0 Å². The molecule has 0 aliphatic rings. The average molecular weight is 334 g/mol. The number of aryl methyl sites for hydroxylation is 2. The van der Waals surface area contributed by atoms with Crippen molar-refractivity contribution in [2.75, 3.05) is 5.32 Å². The van der Waals surface area contributed by atoms with E-state index in [9.17, 15) is 4.79 Å². The van der Waals surface area contributed by atoms with Crippen LogP contribution in [-0.2, 0) is 7.05 Å². The molecule has 0 aliphatic carbocycles. The van der Waals surface area contributed by atoms with E-state index in [0.717, 1.165) is 9.99 Å². The topological polar surface area (TPSA) is 60.1 Å². The Labute approximate surface area is 123 Å². The van der Waals surface area contributed by atoms with Gasteiger partial charge in [0, 0.05) is 30.3 Å². The highest BCUT2D eigenvalue weighted by Crippen LogP contribution is 2.21. The fraction of sp³-hybridized carbons (Fsp3) is 0.143. The number of rotatable bonds is 2. The maximum absolute atomic E-state index is 12.2. The third-order valence-electron chi connectivity index (χ3n) is 2.96. The number of fused-ring (bicyclic) bond motifs is 1. The van der Waals surface area contributed by atoms with Crippen LogP contribution in [0.2, 0.25) is 0 Å². The van der Waals surface area contributed by atoms with Crippen molar-refractivity contribution in [1.29, 1.82) is 0 Å². The number of nitrogens with one attached hydrogen (secondary N) is 1. The van der Waals surface area contributed by atoms with Gasteiger partial charge in [0.2, 0.25) is 0 Å². The van der Waals surface area contributed by atoms with Crippen LogP contribution in [0.15, 0.2) is 39.4 Å². The lowest BCUT2D eigenvalue weighted by Crippen LogP contribution is -2.15. The number of benzene rings is 1. The summed E-state index contributed by atoms with van der Waals surface area (Å²) in [7, 11) is 1.82. The van der Waals surface area contributed by atoms with Crippen LogP contribution in [0.5, 0.6) is 0 Å². The maximum Gasteiger partial charge on any atom is 0.272 e. The predicted octanol–water partition coefficient (Wildman–Crippen LogP) is 3.49. The number of oxazole rings is 1. The van der Waals surface area contributed by atoms with Crippen molar-refractivity contribution in [2.24, 2.45) is 7.05 Å². The Balaban J connectivity index is 1.88. The zero-order valence-corrected chi connectivity index (χ0v) is 12.6. The molecule has 20 heavy (non-hydrogen) atoms. The number of aromatic nitrogens is 2. The number of nitrogens with zero attached hydrogens (tertiary/aromatic N) is 2. The summed E-state index contributed by atoms with van der Waals surface area (Å²) in [6, 6.07) is 7.16. The van der Waals surface area contributed by atoms with Crippen molar-refractivity contribution in [3.63, 3.8) is 0 Å². The summed E-state index contributed by atoms with van der Waals surface area (Å²) in [5.41, 5.74) is 2.71. The van der Waals surface area contributed by atoms with Gasteiger partial charge in [-0.3, -0.25) is 4.79 Å². The summed E-state index contributed by atoms with van der Waals surface area (Å²) in [4.78, 5) is 16.4. The highest BCUT2D eigenvalue weighted by Gasteiger charge is 2.12. The van der Waals surface area contributed by atoms with Crippen LogP contribution >= 0.6 is 15.9 Å². The van der Waals surface area contributed by atoms with E-state index in [2.05, 4.69) is 26.2 Å². The smallest absolute Gasteiger partial charge is 0.272 e. The van der Waals surface area contributed by atoms with Crippen molar-refractivity contribution in [3.05, 3.63) is 46.5 Å². The van der Waals surface area contributed by atoms with Gasteiger partial charge in [-0.15, -0.1) is 0 Å². The molecule has 6 heteroatoms. The normalized spacial score (nSPS) is 10.9. The predicted molar refractivity (Wildman–Crippen MR) is 79.8 cm³/mol. The third kappa shape index (κ3) is 2.34. The second-order valence-electron chi connectivity index (χ2n) is 4.52. The Kier molecular flexibility index (Phi) is 3.10. The van der Waals surface area contributed by atoms with E-state index in [-0.39, 0.29) is 5.91 Å². The molecule has 2 heterocycles. The van der Waals surface area contributed by atoms with E-state index in [4.69, 9.17) is 4.42 Å². The van der Waals surface area contributed by atoms with Gasteiger partial charge in [0.15, 0.2) is 11.5 Å². The number of carbonyl (C=O) groups excluding carboxylic acids is 1. The Morgan fingerprint density at radius 1 is 1.40 bits per heavy atom. The van der Waals surface area contributed by atoms with Crippen molar-refractivity contribution in [1.82, 2.24) is 9.55 Å². The molecule has 1 N–H and O–H groups in total. The van der Waals surface area contributed by atoms with Crippen LogP contribution in [0.3, 0.4) is 0 Å². The molecule has 0 saturated heterocycles. The van der Waals surface area contributed by atoms with E-state index >= 15 is 0 Å². The van der Waals surface area contributed by atoms with E-state index in [1.807, 2.05) is 13.2 Å². The van der Waals surface area contributed by atoms with Crippen molar-refractivity contribution in [3.8, 4) is 0 Å². The number of carbonyl (C=O) groups is 1. The second kappa shape index (κ2) is 4.79. The van der Waals surface area contributed by atoms with Crippen LogP contribution in [0.1, 0.15) is 16.4 Å². The fourth-order valence-corrected chi connectivity index (χ4v) is 2.59. The SMILES string of the molecule is Cc1nc2cc(NC(=O)c3cc(Br)cn3C)ccc2o1. The summed E-state index contributed by atoms with van der Waals surface area (Å²) in [6.45, 7) is 1.79.